The first-order valence-electron chi connectivity index (χ1n) is 12.6. The van der Waals surface area contributed by atoms with Gasteiger partial charge in [-0.2, -0.15) is 5.26 Å². The summed E-state index contributed by atoms with van der Waals surface area (Å²) >= 11 is 0. The molecule has 3 aromatic rings. The SMILES string of the molecule is C=C/C(=C\C=C(/CC)C1CCC(CC(=O)OC)CC1)c1ccc(-c2nc3ccc(C#N)cc3[nH]2)cc1. The molecule has 1 heterocycles. The Bertz CT molecular complexity index is 1330. The van der Waals surface area contributed by atoms with Crippen molar-refractivity contribution < 1.29 is 9.53 Å². The van der Waals surface area contributed by atoms with E-state index >= 15 is 0 Å². The van der Waals surface area contributed by atoms with Crippen LogP contribution in [0.2, 0.25) is 0 Å². The monoisotopic (exact) mass is 479 g/mol. The highest BCUT2D eigenvalue weighted by Gasteiger charge is 2.24. The molecule has 1 aromatic heterocycles. The number of esters is 1. The van der Waals surface area contributed by atoms with Gasteiger partial charge in [0.15, 0.2) is 0 Å². The molecule has 5 heteroatoms. The average molecular weight is 480 g/mol. The number of carbonyl (C=O) groups is 1. The van der Waals surface area contributed by atoms with Crippen LogP contribution in [0.25, 0.3) is 28.0 Å². The molecule has 0 unspecified atom stereocenters. The molecule has 1 aliphatic carbocycles. The van der Waals surface area contributed by atoms with Gasteiger partial charge in [0.25, 0.3) is 0 Å². The summed E-state index contributed by atoms with van der Waals surface area (Å²) in [5.41, 5.74) is 6.95. The van der Waals surface area contributed by atoms with E-state index in [9.17, 15) is 4.79 Å². The third-order valence-electron chi connectivity index (χ3n) is 7.26. The molecular formula is C31H33N3O2. The summed E-state index contributed by atoms with van der Waals surface area (Å²) in [5.74, 6) is 1.71. The molecule has 1 saturated carbocycles. The number of allylic oxidation sites excluding steroid dienone is 5. The van der Waals surface area contributed by atoms with Gasteiger partial charge in [-0.15, -0.1) is 0 Å². The van der Waals surface area contributed by atoms with Gasteiger partial charge in [0.2, 0.25) is 0 Å². The fourth-order valence-corrected chi connectivity index (χ4v) is 5.11. The van der Waals surface area contributed by atoms with Crippen LogP contribution in [-0.2, 0) is 9.53 Å². The van der Waals surface area contributed by atoms with Gasteiger partial charge < -0.3 is 9.72 Å². The zero-order valence-electron chi connectivity index (χ0n) is 21.1. The van der Waals surface area contributed by atoms with E-state index in [2.05, 4.69) is 66.0 Å². The van der Waals surface area contributed by atoms with Crippen LogP contribution in [0, 0.1) is 23.2 Å². The van der Waals surface area contributed by atoms with Crippen molar-refractivity contribution in [1.29, 1.82) is 5.26 Å². The predicted molar refractivity (Wildman–Crippen MR) is 145 cm³/mol. The van der Waals surface area contributed by atoms with Gasteiger partial charge in [-0.3, -0.25) is 4.79 Å². The number of hydrogen-bond donors (Lipinski definition) is 1. The normalized spacial score (nSPS) is 18.6. The Morgan fingerprint density at radius 2 is 1.92 bits per heavy atom. The van der Waals surface area contributed by atoms with E-state index in [0.29, 0.717) is 23.8 Å². The second kappa shape index (κ2) is 11.7. The Labute approximate surface area is 213 Å². The van der Waals surface area contributed by atoms with Crippen molar-refractivity contribution in [3.05, 3.63) is 84.0 Å². The molecule has 4 rings (SSSR count). The number of carbonyl (C=O) groups excluding carboxylic acids is 1. The first-order chi connectivity index (χ1) is 17.5. The van der Waals surface area contributed by atoms with Crippen molar-refractivity contribution in [3.8, 4) is 17.5 Å². The van der Waals surface area contributed by atoms with Crippen LogP contribution < -0.4 is 0 Å². The van der Waals surface area contributed by atoms with Crippen LogP contribution in [0.3, 0.4) is 0 Å². The number of nitriles is 1. The number of nitrogens with one attached hydrogen (secondary N) is 1. The third kappa shape index (κ3) is 5.83. The van der Waals surface area contributed by atoms with Gasteiger partial charge in [-0.25, -0.2) is 4.98 Å². The molecule has 2 aromatic carbocycles. The third-order valence-corrected chi connectivity index (χ3v) is 7.26. The molecular weight excluding hydrogens is 446 g/mol. The van der Waals surface area contributed by atoms with E-state index in [0.717, 1.165) is 65.7 Å². The minimum atomic E-state index is -0.0947. The summed E-state index contributed by atoms with van der Waals surface area (Å²) in [6.07, 6.45) is 12.3. The summed E-state index contributed by atoms with van der Waals surface area (Å²) in [4.78, 5) is 19.6. The highest BCUT2D eigenvalue weighted by atomic mass is 16.5. The summed E-state index contributed by atoms with van der Waals surface area (Å²) < 4.78 is 4.84. The van der Waals surface area contributed by atoms with E-state index in [1.54, 1.807) is 6.07 Å². The highest BCUT2D eigenvalue weighted by Crippen LogP contribution is 2.36. The maximum Gasteiger partial charge on any atom is 0.305 e. The molecule has 1 aliphatic rings. The van der Waals surface area contributed by atoms with Gasteiger partial charge in [-0.05, 0) is 73.3 Å². The molecule has 0 atom stereocenters. The second-order valence-electron chi connectivity index (χ2n) is 9.43. The van der Waals surface area contributed by atoms with E-state index in [4.69, 9.17) is 10.00 Å². The van der Waals surface area contributed by atoms with Crippen LogP contribution in [-0.4, -0.2) is 23.0 Å². The lowest BCUT2D eigenvalue weighted by molar-refractivity contribution is -0.142. The zero-order valence-corrected chi connectivity index (χ0v) is 21.1. The maximum atomic E-state index is 11.6. The lowest BCUT2D eigenvalue weighted by Gasteiger charge is -2.29. The molecule has 5 nitrogen and oxygen atoms in total. The molecule has 184 valence electrons. The molecule has 0 aliphatic heterocycles. The predicted octanol–water partition coefficient (Wildman–Crippen LogP) is 7.38. The first kappa shape index (κ1) is 25.2. The number of nitrogens with zero attached hydrogens (tertiary/aromatic N) is 2. The van der Waals surface area contributed by atoms with Crippen molar-refractivity contribution in [2.45, 2.75) is 45.4 Å². The molecule has 1 fully saturated rings. The Morgan fingerprint density at radius 1 is 1.17 bits per heavy atom. The van der Waals surface area contributed by atoms with Crippen LogP contribution in [0.1, 0.15) is 56.6 Å². The van der Waals surface area contributed by atoms with E-state index in [1.165, 1.54) is 12.7 Å². The number of methoxy groups -OCH3 is 1. The summed E-state index contributed by atoms with van der Waals surface area (Å²) in [6, 6.07) is 15.9. The molecule has 0 amide bonds. The van der Waals surface area contributed by atoms with Crippen molar-refractivity contribution >= 4 is 22.6 Å². The van der Waals surface area contributed by atoms with Crippen LogP contribution >= 0.6 is 0 Å². The van der Waals surface area contributed by atoms with Gasteiger partial charge in [0.05, 0.1) is 29.8 Å². The topological polar surface area (TPSA) is 78.8 Å². The van der Waals surface area contributed by atoms with Gasteiger partial charge >= 0.3 is 5.97 Å². The largest absolute Gasteiger partial charge is 0.469 e. The number of aromatic amines is 1. The van der Waals surface area contributed by atoms with Gasteiger partial charge in [-0.1, -0.05) is 61.6 Å². The highest BCUT2D eigenvalue weighted by molar-refractivity contribution is 5.81. The fraction of sp³-hybridized carbons (Fsp3) is 0.323. The maximum absolute atomic E-state index is 11.6. The van der Waals surface area contributed by atoms with Crippen molar-refractivity contribution in [2.75, 3.05) is 7.11 Å². The zero-order chi connectivity index (χ0) is 25.5. The molecule has 36 heavy (non-hydrogen) atoms. The summed E-state index contributed by atoms with van der Waals surface area (Å²) in [5, 5.41) is 9.12. The number of benzene rings is 2. The number of hydrogen-bond acceptors (Lipinski definition) is 4. The molecule has 0 bridgehead atoms. The number of rotatable bonds is 8. The standard InChI is InChI=1S/C31H33N3O2/c1-4-23(25-9-6-21(7-10-25)19-30(35)36-3)11-12-24(5-2)26-13-15-27(16-14-26)31-33-28-17-8-22(20-32)18-29(28)34-31/h5,8,11-18,21,25H,2,4,6-7,9-10,19H2,1,3H3,(H,33,34)/b23-11+,24-12+. The van der Waals surface area contributed by atoms with Crippen molar-refractivity contribution in [2.24, 2.45) is 11.8 Å². The van der Waals surface area contributed by atoms with Crippen LogP contribution in [0.5, 0.6) is 0 Å². The number of H-pyrrole nitrogens is 1. The summed E-state index contributed by atoms with van der Waals surface area (Å²) in [6.45, 7) is 6.26. The number of fused-ring (bicyclic) bond motifs is 1. The average Bonchev–Trinajstić information content (AvgIpc) is 3.35. The molecule has 0 radical (unpaired) electrons. The van der Waals surface area contributed by atoms with Crippen molar-refractivity contribution in [1.82, 2.24) is 9.97 Å². The molecule has 0 spiro atoms. The van der Waals surface area contributed by atoms with E-state index in [-0.39, 0.29) is 5.97 Å². The van der Waals surface area contributed by atoms with Crippen LogP contribution in [0.15, 0.2) is 72.8 Å². The number of imidazole rings is 1. The Morgan fingerprint density at radius 3 is 2.56 bits per heavy atom. The quantitative estimate of drug-likeness (QED) is 0.270. The Balaban J connectivity index is 1.47. The number of ether oxygens (including phenoxy) is 1. The Kier molecular flexibility index (Phi) is 8.17. The minimum absolute atomic E-state index is 0.0947. The van der Waals surface area contributed by atoms with Gasteiger partial charge in [0.1, 0.15) is 5.82 Å². The van der Waals surface area contributed by atoms with Crippen LogP contribution in [0.4, 0.5) is 0 Å². The Hall–Kier alpha value is -3.91. The smallest absolute Gasteiger partial charge is 0.305 e. The summed E-state index contributed by atoms with van der Waals surface area (Å²) in [7, 11) is 1.47. The first-order valence-corrected chi connectivity index (χ1v) is 12.6. The second-order valence-corrected chi connectivity index (χ2v) is 9.43. The van der Waals surface area contributed by atoms with Crippen molar-refractivity contribution in [3.63, 3.8) is 0 Å². The van der Waals surface area contributed by atoms with Gasteiger partial charge in [0, 0.05) is 12.0 Å². The lowest BCUT2D eigenvalue weighted by atomic mass is 9.76. The fourth-order valence-electron chi connectivity index (χ4n) is 5.11. The minimum Gasteiger partial charge on any atom is -0.469 e. The number of aromatic nitrogens is 2. The van der Waals surface area contributed by atoms with E-state index in [1.807, 2.05) is 18.2 Å². The van der Waals surface area contributed by atoms with E-state index < -0.39 is 0 Å². The molecule has 1 N–H and O–H groups in total. The molecule has 0 saturated heterocycles. The lowest BCUT2D eigenvalue weighted by Crippen LogP contribution is -2.19.